The summed E-state index contributed by atoms with van der Waals surface area (Å²) in [6.45, 7) is 4.83. The van der Waals surface area contributed by atoms with Gasteiger partial charge in [-0.15, -0.1) is 0 Å². The van der Waals surface area contributed by atoms with Crippen LogP contribution in [0.3, 0.4) is 0 Å². The van der Waals surface area contributed by atoms with Gasteiger partial charge in [-0.1, -0.05) is 138 Å². The van der Waals surface area contributed by atoms with Gasteiger partial charge in [0.05, 0.1) is 25.2 Å². The minimum atomic E-state index is -1.62. The monoisotopic (exact) mass is 651 g/mol. The number of carbonyl (C=O) groups is 2. The van der Waals surface area contributed by atoms with Gasteiger partial charge in [0.15, 0.2) is 0 Å². The molecule has 2 aromatic rings. The van der Waals surface area contributed by atoms with Gasteiger partial charge in [0.25, 0.3) is 5.60 Å². The first-order chi connectivity index (χ1) is 22.1. The molecule has 2 unspecified atom stereocenters. The molecule has 254 valence electrons. The molecule has 0 amide bonds. The van der Waals surface area contributed by atoms with E-state index >= 15 is 0 Å². The lowest BCUT2D eigenvalue weighted by Gasteiger charge is -2.47. The van der Waals surface area contributed by atoms with E-state index in [1.54, 1.807) is 0 Å². The zero-order valence-corrected chi connectivity index (χ0v) is 29.1. The average molecular weight is 652 g/mol. The molecule has 3 heterocycles. The summed E-state index contributed by atoms with van der Waals surface area (Å²) in [5.74, 6) is -0.792. The van der Waals surface area contributed by atoms with Gasteiger partial charge >= 0.3 is 11.9 Å². The van der Waals surface area contributed by atoms with E-state index < -0.39 is 11.6 Å². The van der Waals surface area contributed by atoms with Crippen molar-refractivity contribution >= 4 is 11.9 Å². The summed E-state index contributed by atoms with van der Waals surface area (Å²) in [7, 11) is 0. The fraction of sp³-hybridized carbons (Fsp3) is 0.650. The van der Waals surface area contributed by atoms with Gasteiger partial charge < -0.3 is 26.4 Å². The molecule has 2 aromatic carbocycles. The molecule has 46 heavy (non-hydrogen) atoms. The maximum atomic E-state index is 14.5. The highest BCUT2D eigenvalue weighted by Gasteiger charge is 2.57. The molecule has 1 spiro atoms. The Morgan fingerprint density at radius 3 is 1.63 bits per heavy atom. The van der Waals surface area contributed by atoms with Gasteiger partial charge in [0, 0.05) is 56.1 Å². The smallest absolute Gasteiger partial charge is 0.360 e. The Morgan fingerprint density at radius 1 is 0.696 bits per heavy atom. The first-order valence-electron chi connectivity index (χ1n) is 18.5. The maximum absolute atomic E-state index is 14.5. The van der Waals surface area contributed by atoms with Crippen molar-refractivity contribution in [2.45, 2.75) is 153 Å². The van der Waals surface area contributed by atoms with Crippen LogP contribution in [0.25, 0.3) is 0 Å². The van der Waals surface area contributed by atoms with Gasteiger partial charge in [-0.2, -0.15) is 0 Å². The number of nitrogens with zero attached hydrogens (tertiary/aromatic N) is 1. The molecule has 0 aromatic heterocycles. The SMILES string of the molecule is CCCCCCCCCCCCCCC(=O)OC(C(=O)OC1CC2CCC(C1)[N+]21CCCC1)(c1ccccc1)c1ccccc1.[Cl-]. The van der Waals surface area contributed by atoms with Crippen LogP contribution in [0.5, 0.6) is 0 Å². The third-order valence-electron chi connectivity index (χ3n) is 11.2. The summed E-state index contributed by atoms with van der Waals surface area (Å²) in [5.41, 5.74) is -0.329. The molecular weight excluding hydrogens is 594 g/mol. The average Bonchev–Trinajstić information content (AvgIpc) is 3.61. The molecule has 5 rings (SSSR count). The normalized spacial score (nSPS) is 21.5. The Bertz CT molecular complexity index is 1130. The molecule has 2 atom stereocenters. The van der Waals surface area contributed by atoms with Crippen molar-refractivity contribution in [1.29, 1.82) is 0 Å². The second-order valence-electron chi connectivity index (χ2n) is 14.2. The van der Waals surface area contributed by atoms with Crippen molar-refractivity contribution in [3.8, 4) is 0 Å². The lowest BCUT2D eigenvalue weighted by molar-refractivity contribution is -0.956. The number of benzene rings is 2. The molecule has 5 nitrogen and oxygen atoms in total. The predicted molar refractivity (Wildman–Crippen MR) is 181 cm³/mol. The summed E-state index contributed by atoms with van der Waals surface area (Å²) in [4.78, 5) is 28.0. The van der Waals surface area contributed by atoms with E-state index in [1.165, 1.54) is 101 Å². The Labute approximate surface area is 284 Å². The van der Waals surface area contributed by atoms with Crippen molar-refractivity contribution in [2.75, 3.05) is 13.1 Å². The fourth-order valence-corrected chi connectivity index (χ4v) is 8.78. The van der Waals surface area contributed by atoms with E-state index in [-0.39, 0.29) is 24.5 Å². The number of hydrogen-bond donors (Lipinski definition) is 0. The van der Waals surface area contributed by atoms with Crippen LogP contribution in [-0.4, -0.2) is 47.7 Å². The Kier molecular flexibility index (Phi) is 14.5. The molecule has 6 heteroatoms. The van der Waals surface area contributed by atoms with Gasteiger partial charge in [-0.3, -0.25) is 4.79 Å². The maximum Gasteiger partial charge on any atom is 0.360 e. The second kappa shape index (κ2) is 18.2. The van der Waals surface area contributed by atoms with Crippen LogP contribution in [0, 0.1) is 0 Å². The summed E-state index contributed by atoms with van der Waals surface area (Å²) < 4.78 is 14.1. The summed E-state index contributed by atoms with van der Waals surface area (Å²) >= 11 is 0. The molecule has 0 saturated carbocycles. The molecule has 3 aliphatic rings. The Morgan fingerprint density at radius 2 is 1.15 bits per heavy atom. The highest BCUT2D eigenvalue weighted by atomic mass is 35.5. The zero-order chi connectivity index (χ0) is 31.4. The molecular formula is C40H58ClNO4. The number of rotatable bonds is 18. The molecule has 3 fully saturated rings. The zero-order valence-electron chi connectivity index (χ0n) is 28.3. The first-order valence-corrected chi connectivity index (χ1v) is 18.5. The fourth-order valence-electron chi connectivity index (χ4n) is 8.78. The van der Waals surface area contributed by atoms with Crippen molar-refractivity contribution in [3.05, 3.63) is 71.8 Å². The van der Waals surface area contributed by atoms with Crippen LogP contribution in [-0.2, 0) is 24.7 Å². The van der Waals surface area contributed by atoms with E-state index in [0.717, 1.165) is 32.1 Å². The Hall–Kier alpha value is -2.37. The minimum Gasteiger partial charge on any atom is -1.00 e. The van der Waals surface area contributed by atoms with E-state index in [1.807, 2.05) is 60.7 Å². The first kappa shape index (κ1) is 36.5. The number of ether oxygens (including phenoxy) is 2. The van der Waals surface area contributed by atoms with Crippen LogP contribution in [0.15, 0.2) is 60.7 Å². The quantitative estimate of drug-likeness (QED) is 0.106. The third kappa shape index (κ3) is 8.75. The van der Waals surface area contributed by atoms with Crippen LogP contribution in [0.2, 0.25) is 0 Å². The summed E-state index contributed by atoms with van der Waals surface area (Å²) in [5, 5.41) is 0. The van der Waals surface area contributed by atoms with Crippen molar-refractivity contribution < 1.29 is 36.0 Å². The van der Waals surface area contributed by atoms with Crippen molar-refractivity contribution in [1.82, 2.24) is 0 Å². The molecule has 3 aliphatic heterocycles. The highest BCUT2D eigenvalue weighted by Crippen LogP contribution is 2.47. The van der Waals surface area contributed by atoms with Crippen LogP contribution < -0.4 is 12.4 Å². The summed E-state index contributed by atoms with van der Waals surface area (Å²) in [6, 6.07) is 20.2. The van der Waals surface area contributed by atoms with Gasteiger partial charge in [0.1, 0.15) is 6.10 Å². The second-order valence-corrected chi connectivity index (χ2v) is 14.2. The molecule has 3 saturated heterocycles. The van der Waals surface area contributed by atoms with Crippen LogP contribution >= 0.6 is 0 Å². The van der Waals surface area contributed by atoms with Gasteiger partial charge in [0.2, 0.25) is 0 Å². The number of quaternary nitrogens is 1. The topological polar surface area (TPSA) is 52.6 Å². The number of unbranched alkanes of at least 4 members (excludes halogenated alkanes) is 11. The minimum absolute atomic E-state index is 0. The number of halogens is 1. The summed E-state index contributed by atoms with van der Waals surface area (Å²) in [6.07, 6.45) is 21.9. The lowest BCUT2D eigenvalue weighted by atomic mass is 9.85. The number of carbonyl (C=O) groups excluding carboxylic acids is 2. The van der Waals surface area contributed by atoms with Crippen LogP contribution in [0.1, 0.15) is 140 Å². The predicted octanol–water partition coefficient (Wildman–Crippen LogP) is 6.42. The third-order valence-corrected chi connectivity index (χ3v) is 11.2. The van der Waals surface area contributed by atoms with Gasteiger partial charge in [-0.05, 0) is 6.42 Å². The van der Waals surface area contributed by atoms with E-state index in [4.69, 9.17) is 9.47 Å². The largest absolute Gasteiger partial charge is 1.00 e. The molecule has 0 aliphatic carbocycles. The number of piperidine rings is 1. The number of esters is 2. The molecule has 0 radical (unpaired) electrons. The molecule has 2 bridgehead atoms. The lowest BCUT2D eigenvalue weighted by Crippen LogP contribution is -3.00. The number of hydrogen-bond acceptors (Lipinski definition) is 4. The highest BCUT2D eigenvalue weighted by molar-refractivity contribution is 5.89. The standard InChI is InChI=1S/C40H58NO4.ClH/c1-2-3-4-5-6-7-8-9-10-11-12-19-26-38(42)45-40(33-22-15-13-16-23-33,34-24-17-14-18-25-34)39(43)44-37-31-35-27-28-36(32-37)41(35)29-20-21-30-41;/h13-18,22-25,35-37H,2-12,19-21,26-32H2,1H3;1H/q+1;/p-1. The van der Waals surface area contributed by atoms with E-state index in [0.29, 0.717) is 29.6 Å². The Balaban J connectivity index is 0.00000480. The van der Waals surface area contributed by atoms with E-state index in [9.17, 15) is 9.59 Å². The van der Waals surface area contributed by atoms with Crippen molar-refractivity contribution in [2.24, 2.45) is 0 Å². The van der Waals surface area contributed by atoms with E-state index in [2.05, 4.69) is 6.92 Å². The van der Waals surface area contributed by atoms with Crippen LogP contribution in [0.4, 0.5) is 0 Å². The van der Waals surface area contributed by atoms with Crippen molar-refractivity contribution in [3.63, 3.8) is 0 Å². The van der Waals surface area contributed by atoms with Gasteiger partial charge in [-0.25, -0.2) is 4.79 Å². The molecule has 0 N–H and O–H groups in total.